The van der Waals surface area contributed by atoms with Gasteiger partial charge in [0.25, 0.3) is 0 Å². The maximum atomic E-state index is 13.3. The number of piperazine rings is 1. The van der Waals surface area contributed by atoms with E-state index in [4.69, 9.17) is 33.0 Å². The number of aliphatic hydroxyl groups excluding tert-OH is 2. The van der Waals surface area contributed by atoms with Gasteiger partial charge in [0.2, 0.25) is 0 Å². The molecule has 3 aromatic carbocycles. The van der Waals surface area contributed by atoms with Gasteiger partial charge in [0.15, 0.2) is 0 Å². The molecular formula is C26H27Cl2FN2O3. The van der Waals surface area contributed by atoms with Gasteiger partial charge in [-0.1, -0.05) is 47.5 Å². The average Bonchev–Trinajstić information content (AvgIpc) is 2.84. The van der Waals surface area contributed by atoms with Gasteiger partial charge in [0.05, 0.1) is 29.5 Å². The lowest BCUT2D eigenvalue weighted by Gasteiger charge is -2.44. The molecule has 2 N–H and O–H groups in total. The highest BCUT2D eigenvalue weighted by Gasteiger charge is 2.31. The van der Waals surface area contributed by atoms with Crippen molar-refractivity contribution in [2.24, 2.45) is 0 Å². The van der Waals surface area contributed by atoms with Crippen molar-refractivity contribution in [1.29, 1.82) is 0 Å². The third-order valence-electron chi connectivity index (χ3n) is 5.99. The number of nitrogens with zero attached hydrogens (tertiary/aromatic N) is 2. The predicted molar refractivity (Wildman–Crippen MR) is 133 cm³/mol. The van der Waals surface area contributed by atoms with Crippen molar-refractivity contribution in [3.8, 4) is 5.75 Å². The van der Waals surface area contributed by atoms with Crippen LogP contribution in [0.25, 0.3) is 0 Å². The summed E-state index contributed by atoms with van der Waals surface area (Å²) in [4.78, 5) is 4.46. The van der Waals surface area contributed by atoms with E-state index in [1.54, 1.807) is 18.2 Å². The first-order valence-electron chi connectivity index (χ1n) is 11.2. The highest BCUT2D eigenvalue weighted by molar-refractivity contribution is 6.33. The molecule has 4 rings (SSSR count). The van der Waals surface area contributed by atoms with Crippen molar-refractivity contribution in [3.63, 3.8) is 0 Å². The topological polar surface area (TPSA) is 56.2 Å². The lowest BCUT2D eigenvalue weighted by atomic mass is 10.00. The van der Waals surface area contributed by atoms with E-state index in [2.05, 4.69) is 9.80 Å². The quantitative estimate of drug-likeness (QED) is 0.446. The first kappa shape index (κ1) is 24.8. The van der Waals surface area contributed by atoms with Crippen molar-refractivity contribution in [1.82, 2.24) is 4.90 Å². The van der Waals surface area contributed by atoms with Gasteiger partial charge in [0.1, 0.15) is 18.2 Å². The van der Waals surface area contributed by atoms with Crippen LogP contribution in [-0.4, -0.2) is 54.5 Å². The Morgan fingerprint density at radius 3 is 2.41 bits per heavy atom. The Morgan fingerprint density at radius 2 is 1.74 bits per heavy atom. The Hall–Kier alpha value is -2.35. The fourth-order valence-corrected chi connectivity index (χ4v) is 4.68. The molecule has 1 aliphatic rings. The van der Waals surface area contributed by atoms with Crippen LogP contribution in [0, 0.1) is 5.82 Å². The summed E-state index contributed by atoms with van der Waals surface area (Å²) in [6, 6.07) is 19.2. The third kappa shape index (κ3) is 6.01. The van der Waals surface area contributed by atoms with Crippen molar-refractivity contribution >= 4 is 28.9 Å². The minimum absolute atomic E-state index is 0.0202. The highest BCUT2D eigenvalue weighted by Crippen LogP contribution is 2.37. The van der Waals surface area contributed by atoms with E-state index in [0.29, 0.717) is 41.0 Å². The lowest BCUT2D eigenvalue weighted by molar-refractivity contribution is 0.100. The third-order valence-corrected chi connectivity index (χ3v) is 6.55. The van der Waals surface area contributed by atoms with Crippen molar-refractivity contribution < 1.29 is 19.3 Å². The smallest absolute Gasteiger partial charge is 0.123 e. The lowest BCUT2D eigenvalue weighted by Crippen LogP contribution is -2.49. The largest absolute Gasteiger partial charge is 0.491 e. The summed E-state index contributed by atoms with van der Waals surface area (Å²) in [6.07, 6.45) is -0.718. The number of hydrogen-bond donors (Lipinski definition) is 2. The average molecular weight is 505 g/mol. The molecule has 0 amide bonds. The van der Waals surface area contributed by atoms with Crippen LogP contribution in [0.3, 0.4) is 0 Å². The van der Waals surface area contributed by atoms with Gasteiger partial charge in [-0.25, -0.2) is 4.39 Å². The van der Waals surface area contributed by atoms with Gasteiger partial charge in [-0.3, -0.25) is 4.90 Å². The first-order valence-corrected chi connectivity index (χ1v) is 11.9. The minimum Gasteiger partial charge on any atom is -0.491 e. The fraction of sp³-hybridized carbons (Fsp3) is 0.308. The maximum Gasteiger partial charge on any atom is 0.123 e. The molecule has 34 heavy (non-hydrogen) atoms. The molecule has 0 aromatic heterocycles. The Morgan fingerprint density at radius 1 is 1.00 bits per heavy atom. The van der Waals surface area contributed by atoms with Crippen LogP contribution in [0.4, 0.5) is 10.1 Å². The normalized spacial score (nSPS) is 17.6. The Labute approximate surface area is 208 Å². The number of halogens is 3. The molecule has 1 heterocycles. The standard InChI is InChI=1S/C26H27Cl2FN2O3/c27-20-5-1-18(2-6-20)25-16-30(17-26(33)19-3-7-21(29)8-4-19)11-12-31(25)24-10-9-22(15-23(24)28)34-14-13-32/h1-10,15,25-26,32-33H,11-14,16-17H2/t25-,26+/m0/s1. The van der Waals surface area contributed by atoms with Crippen LogP contribution >= 0.6 is 23.2 Å². The van der Waals surface area contributed by atoms with Gasteiger partial charge in [-0.05, 0) is 47.5 Å². The molecule has 0 saturated carbocycles. The molecule has 0 unspecified atom stereocenters. The number of rotatable bonds is 8. The molecule has 0 aliphatic carbocycles. The molecule has 0 bridgehead atoms. The summed E-state index contributed by atoms with van der Waals surface area (Å²) < 4.78 is 18.7. The van der Waals surface area contributed by atoms with E-state index in [1.807, 2.05) is 36.4 Å². The van der Waals surface area contributed by atoms with Crippen LogP contribution in [0.1, 0.15) is 23.3 Å². The summed E-state index contributed by atoms with van der Waals surface area (Å²) in [6.45, 7) is 2.66. The van der Waals surface area contributed by atoms with Crippen molar-refractivity contribution in [2.75, 3.05) is 44.3 Å². The maximum absolute atomic E-state index is 13.3. The highest BCUT2D eigenvalue weighted by atomic mass is 35.5. The summed E-state index contributed by atoms with van der Waals surface area (Å²) in [5.41, 5.74) is 2.66. The molecule has 1 fully saturated rings. The van der Waals surface area contributed by atoms with Crippen molar-refractivity contribution in [3.05, 3.63) is 93.7 Å². The van der Waals surface area contributed by atoms with Crippen LogP contribution in [0.2, 0.25) is 10.0 Å². The van der Waals surface area contributed by atoms with Crippen LogP contribution in [0.5, 0.6) is 5.75 Å². The van der Waals surface area contributed by atoms with Crippen molar-refractivity contribution in [2.45, 2.75) is 12.1 Å². The number of hydrogen-bond acceptors (Lipinski definition) is 5. The molecule has 8 heteroatoms. The Bertz CT molecular complexity index is 1080. The Kier molecular flexibility index (Phi) is 8.29. The zero-order chi connectivity index (χ0) is 24.1. The zero-order valence-corrected chi connectivity index (χ0v) is 20.1. The van der Waals surface area contributed by atoms with E-state index in [0.717, 1.165) is 17.8 Å². The van der Waals surface area contributed by atoms with E-state index >= 15 is 0 Å². The SMILES string of the molecule is OCCOc1ccc(N2CCN(C[C@@H](O)c3ccc(F)cc3)C[C@H]2c2ccc(Cl)cc2)c(Cl)c1. The Balaban J connectivity index is 1.55. The number of β-amino-alcohol motifs (C(OH)–C–C–N with tert-alkyl or cyclic N) is 1. The number of benzene rings is 3. The first-order chi connectivity index (χ1) is 16.4. The molecule has 5 nitrogen and oxygen atoms in total. The van der Waals surface area contributed by atoms with Gasteiger partial charge in [0, 0.05) is 37.3 Å². The van der Waals surface area contributed by atoms with Crippen LogP contribution in [-0.2, 0) is 0 Å². The van der Waals surface area contributed by atoms with Crippen LogP contribution in [0.15, 0.2) is 66.7 Å². The number of anilines is 1. The molecule has 0 spiro atoms. The predicted octanol–water partition coefficient (Wildman–Crippen LogP) is 5.10. The minimum atomic E-state index is -0.718. The molecular weight excluding hydrogens is 478 g/mol. The summed E-state index contributed by atoms with van der Waals surface area (Å²) in [5, 5.41) is 21.0. The molecule has 3 aromatic rings. The van der Waals surface area contributed by atoms with Gasteiger partial charge >= 0.3 is 0 Å². The molecule has 0 radical (unpaired) electrons. The summed E-state index contributed by atoms with van der Waals surface area (Å²) in [5.74, 6) is 0.281. The molecule has 2 atom stereocenters. The van der Waals surface area contributed by atoms with E-state index in [-0.39, 0.29) is 25.1 Å². The fourth-order valence-electron chi connectivity index (χ4n) is 4.27. The number of ether oxygens (including phenoxy) is 1. The van der Waals surface area contributed by atoms with Crippen LogP contribution < -0.4 is 9.64 Å². The second-order valence-electron chi connectivity index (χ2n) is 8.27. The monoisotopic (exact) mass is 504 g/mol. The second kappa shape index (κ2) is 11.4. The summed E-state index contributed by atoms with van der Waals surface area (Å²) in [7, 11) is 0. The van der Waals surface area contributed by atoms with E-state index in [1.165, 1.54) is 12.1 Å². The van der Waals surface area contributed by atoms with Gasteiger partial charge in [-0.15, -0.1) is 0 Å². The molecule has 1 aliphatic heterocycles. The molecule has 1 saturated heterocycles. The van der Waals surface area contributed by atoms with E-state index < -0.39 is 6.10 Å². The number of aliphatic hydroxyl groups is 2. The van der Waals surface area contributed by atoms with Gasteiger partial charge < -0.3 is 19.8 Å². The second-order valence-corrected chi connectivity index (χ2v) is 9.12. The van der Waals surface area contributed by atoms with Gasteiger partial charge in [-0.2, -0.15) is 0 Å². The summed E-state index contributed by atoms with van der Waals surface area (Å²) >= 11 is 12.8. The van der Waals surface area contributed by atoms with E-state index in [9.17, 15) is 9.50 Å². The molecule has 180 valence electrons. The zero-order valence-electron chi connectivity index (χ0n) is 18.6.